The van der Waals surface area contributed by atoms with Gasteiger partial charge in [0.05, 0.1) is 6.33 Å². The molecule has 158 valence electrons. The van der Waals surface area contributed by atoms with Gasteiger partial charge in [-0.2, -0.15) is 5.10 Å². The van der Waals surface area contributed by atoms with Gasteiger partial charge in [0.1, 0.15) is 17.1 Å². The van der Waals surface area contributed by atoms with Crippen LogP contribution in [0.1, 0.15) is 27.0 Å². The first-order valence-electron chi connectivity index (χ1n) is 9.69. The van der Waals surface area contributed by atoms with Gasteiger partial charge >= 0.3 is 0 Å². The first kappa shape index (κ1) is 20.0. The number of carbonyl (C=O) groups excluding carboxylic acids is 1. The third-order valence-electron chi connectivity index (χ3n) is 4.96. The number of carbonyl (C=O) groups is 1. The van der Waals surface area contributed by atoms with Crippen LogP contribution in [0.5, 0.6) is 5.75 Å². The Hall–Kier alpha value is -4.27. The molecule has 0 bridgehead atoms. The molecule has 1 amide bonds. The SMILES string of the molecule is Cc1cc(CNc2n[nH]c(Nc3ccc(-n4ccnc4)cc3)c2C(N)=O)cc(C)c1O. The van der Waals surface area contributed by atoms with Crippen LogP contribution in [0.2, 0.25) is 0 Å². The second-order valence-corrected chi connectivity index (χ2v) is 7.26. The summed E-state index contributed by atoms with van der Waals surface area (Å²) in [5.41, 5.74) is 10.1. The Morgan fingerprint density at radius 1 is 1.19 bits per heavy atom. The number of anilines is 3. The highest BCUT2D eigenvalue weighted by Crippen LogP contribution is 2.27. The molecule has 9 nitrogen and oxygen atoms in total. The van der Waals surface area contributed by atoms with Crippen molar-refractivity contribution in [1.29, 1.82) is 0 Å². The summed E-state index contributed by atoms with van der Waals surface area (Å²) < 4.78 is 1.89. The highest BCUT2D eigenvalue weighted by atomic mass is 16.3. The second-order valence-electron chi connectivity index (χ2n) is 7.26. The molecule has 4 rings (SSSR count). The summed E-state index contributed by atoms with van der Waals surface area (Å²) in [5.74, 6) is 0.440. The maximum atomic E-state index is 12.1. The standard InChI is InChI=1S/C22H23N7O2/c1-13-9-15(10-14(2)19(13)30)11-25-21-18(20(23)31)22(28-27-21)26-16-3-5-17(6-4-16)29-8-7-24-12-29/h3-10,12,30H,11H2,1-2H3,(H2,23,31)(H3,25,26,27,28). The zero-order valence-corrected chi connectivity index (χ0v) is 17.2. The number of aromatic amines is 1. The Morgan fingerprint density at radius 2 is 1.90 bits per heavy atom. The van der Waals surface area contributed by atoms with Crippen LogP contribution in [0.15, 0.2) is 55.1 Å². The van der Waals surface area contributed by atoms with Gasteiger partial charge in [0.15, 0.2) is 5.82 Å². The van der Waals surface area contributed by atoms with Crippen molar-refractivity contribution in [2.24, 2.45) is 5.73 Å². The number of phenols is 1. The topological polar surface area (TPSA) is 134 Å². The predicted octanol–water partition coefficient (Wildman–Crippen LogP) is 3.37. The van der Waals surface area contributed by atoms with Crippen LogP contribution in [0, 0.1) is 13.8 Å². The third kappa shape index (κ3) is 4.20. The largest absolute Gasteiger partial charge is 0.507 e. The van der Waals surface area contributed by atoms with E-state index in [4.69, 9.17) is 5.73 Å². The lowest BCUT2D eigenvalue weighted by molar-refractivity contribution is 0.100. The smallest absolute Gasteiger partial charge is 0.256 e. The lowest BCUT2D eigenvalue weighted by Crippen LogP contribution is -2.15. The van der Waals surface area contributed by atoms with E-state index in [0.29, 0.717) is 18.2 Å². The summed E-state index contributed by atoms with van der Waals surface area (Å²) in [6, 6.07) is 11.4. The first-order valence-corrected chi connectivity index (χ1v) is 9.69. The minimum Gasteiger partial charge on any atom is -0.507 e. The fourth-order valence-electron chi connectivity index (χ4n) is 3.41. The third-order valence-corrected chi connectivity index (χ3v) is 4.96. The van der Waals surface area contributed by atoms with E-state index in [1.807, 2.05) is 61.0 Å². The normalized spacial score (nSPS) is 10.8. The van der Waals surface area contributed by atoms with Crippen LogP contribution in [0.25, 0.3) is 5.69 Å². The number of nitrogens with one attached hydrogen (secondary N) is 3. The number of aryl methyl sites for hydroxylation is 2. The molecule has 0 saturated carbocycles. The number of phenolic OH excluding ortho intramolecular Hbond substituents is 1. The minimum absolute atomic E-state index is 0.242. The summed E-state index contributed by atoms with van der Waals surface area (Å²) in [7, 11) is 0. The van der Waals surface area contributed by atoms with E-state index in [0.717, 1.165) is 28.1 Å². The summed E-state index contributed by atoms with van der Waals surface area (Å²) >= 11 is 0. The van der Waals surface area contributed by atoms with E-state index in [-0.39, 0.29) is 11.3 Å². The van der Waals surface area contributed by atoms with Crippen LogP contribution in [0.4, 0.5) is 17.3 Å². The highest BCUT2D eigenvalue weighted by molar-refractivity contribution is 6.03. The molecular formula is C22H23N7O2. The Morgan fingerprint density at radius 3 is 2.52 bits per heavy atom. The van der Waals surface area contributed by atoms with E-state index >= 15 is 0 Å². The van der Waals surface area contributed by atoms with Crippen molar-refractivity contribution in [3.63, 3.8) is 0 Å². The lowest BCUT2D eigenvalue weighted by atomic mass is 10.1. The molecule has 2 aromatic heterocycles. The van der Waals surface area contributed by atoms with E-state index in [1.165, 1.54) is 0 Å². The van der Waals surface area contributed by atoms with Crippen LogP contribution < -0.4 is 16.4 Å². The molecule has 0 fully saturated rings. The quantitative estimate of drug-likeness (QED) is 0.313. The van der Waals surface area contributed by atoms with Crippen LogP contribution >= 0.6 is 0 Å². The Labute approximate surface area is 178 Å². The molecule has 0 aliphatic heterocycles. The Kier molecular flexibility index (Phi) is 5.31. The number of nitrogens with two attached hydrogens (primary N) is 1. The number of hydrogen-bond acceptors (Lipinski definition) is 6. The van der Waals surface area contributed by atoms with Gasteiger partial charge in [-0.05, 0) is 54.8 Å². The molecule has 9 heteroatoms. The first-order chi connectivity index (χ1) is 14.9. The van der Waals surface area contributed by atoms with Gasteiger partial charge in [-0.25, -0.2) is 4.98 Å². The van der Waals surface area contributed by atoms with Crippen LogP contribution in [0.3, 0.4) is 0 Å². The molecule has 4 aromatic rings. The average molecular weight is 417 g/mol. The Balaban J connectivity index is 1.51. The Bertz CT molecular complexity index is 1190. The summed E-state index contributed by atoms with van der Waals surface area (Å²) in [6.07, 6.45) is 5.29. The number of amides is 1. The number of rotatable bonds is 7. The van der Waals surface area contributed by atoms with E-state index in [9.17, 15) is 9.90 Å². The van der Waals surface area contributed by atoms with Gasteiger partial charge < -0.3 is 26.0 Å². The second kappa shape index (κ2) is 8.23. The number of imidazole rings is 1. The summed E-state index contributed by atoms with van der Waals surface area (Å²) in [5, 5.41) is 23.3. The number of H-pyrrole nitrogens is 1. The summed E-state index contributed by atoms with van der Waals surface area (Å²) in [4.78, 5) is 16.1. The molecule has 2 aromatic carbocycles. The maximum absolute atomic E-state index is 12.1. The lowest BCUT2D eigenvalue weighted by Gasteiger charge is -2.10. The molecule has 6 N–H and O–H groups in total. The van der Waals surface area contributed by atoms with Crippen molar-refractivity contribution < 1.29 is 9.90 Å². The molecule has 31 heavy (non-hydrogen) atoms. The number of primary amides is 1. The summed E-state index contributed by atoms with van der Waals surface area (Å²) in [6.45, 7) is 4.11. The molecular weight excluding hydrogens is 394 g/mol. The van der Waals surface area contributed by atoms with E-state index < -0.39 is 5.91 Å². The van der Waals surface area contributed by atoms with Crippen LogP contribution in [-0.2, 0) is 6.54 Å². The number of hydrogen-bond donors (Lipinski definition) is 5. The number of nitrogens with zero attached hydrogens (tertiary/aromatic N) is 3. The van der Waals surface area contributed by atoms with Gasteiger partial charge in [0.25, 0.3) is 5.91 Å². The number of aromatic nitrogens is 4. The minimum atomic E-state index is -0.605. The fraction of sp³-hybridized carbons (Fsp3) is 0.136. The number of benzene rings is 2. The van der Waals surface area contributed by atoms with Gasteiger partial charge in [0.2, 0.25) is 0 Å². The molecule has 0 atom stereocenters. The zero-order valence-electron chi connectivity index (χ0n) is 17.2. The molecule has 0 aliphatic rings. The average Bonchev–Trinajstić information content (AvgIpc) is 3.41. The van der Waals surface area contributed by atoms with Gasteiger partial charge in [-0.1, -0.05) is 12.1 Å². The monoisotopic (exact) mass is 417 g/mol. The van der Waals surface area contributed by atoms with Gasteiger partial charge in [-0.15, -0.1) is 0 Å². The van der Waals surface area contributed by atoms with E-state index in [1.54, 1.807) is 12.5 Å². The molecule has 0 spiro atoms. The van der Waals surface area contributed by atoms with Crippen molar-refractivity contribution in [2.75, 3.05) is 10.6 Å². The molecule has 0 radical (unpaired) electrons. The molecule has 2 heterocycles. The van der Waals surface area contributed by atoms with Crippen molar-refractivity contribution in [1.82, 2.24) is 19.7 Å². The van der Waals surface area contributed by atoms with Crippen molar-refractivity contribution in [3.05, 3.63) is 77.4 Å². The zero-order chi connectivity index (χ0) is 22.0. The molecule has 0 aliphatic carbocycles. The van der Waals surface area contributed by atoms with Crippen molar-refractivity contribution >= 4 is 23.2 Å². The highest BCUT2D eigenvalue weighted by Gasteiger charge is 2.19. The van der Waals surface area contributed by atoms with Gasteiger partial charge in [-0.3, -0.25) is 9.89 Å². The van der Waals surface area contributed by atoms with Crippen LogP contribution in [-0.4, -0.2) is 30.8 Å². The van der Waals surface area contributed by atoms with Crippen molar-refractivity contribution in [2.45, 2.75) is 20.4 Å². The maximum Gasteiger partial charge on any atom is 0.256 e. The van der Waals surface area contributed by atoms with Gasteiger partial charge in [0, 0.05) is 30.3 Å². The molecule has 0 saturated heterocycles. The number of aromatic hydroxyl groups is 1. The van der Waals surface area contributed by atoms with Crippen molar-refractivity contribution in [3.8, 4) is 11.4 Å². The fourth-order valence-corrected chi connectivity index (χ4v) is 3.41. The predicted molar refractivity (Wildman–Crippen MR) is 119 cm³/mol. The van der Waals surface area contributed by atoms with E-state index in [2.05, 4.69) is 25.8 Å². The molecule has 0 unspecified atom stereocenters.